The van der Waals surface area contributed by atoms with Crippen molar-refractivity contribution in [1.29, 1.82) is 0 Å². The number of carbonyl (C=O) groups is 1. The summed E-state index contributed by atoms with van der Waals surface area (Å²) in [6.45, 7) is 5.89. The lowest BCUT2D eigenvalue weighted by Crippen LogP contribution is -2.44. The SMILES string of the molecule is C/C=C\N1CCN(c2ccc(C(=O)OC)cn2)CC1. The molecule has 102 valence electrons. The first-order chi connectivity index (χ1) is 9.24. The molecule has 1 aromatic rings. The van der Waals surface area contributed by atoms with Gasteiger partial charge in [0.15, 0.2) is 0 Å². The molecule has 0 amide bonds. The predicted molar refractivity (Wildman–Crippen MR) is 74.2 cm³/mol. The Hall–Kier alpha value is -2.04. The smallest absolute Gasteiger partial charge is 0.339 e. The molecule has 0 spiro atoms. The highest BCUT2D eigenvalue weighted by Crippen LogP contribution is 2.14. The lowest BCUT2D eigenvalue weighted by Gasteiger charge is -2.34. The number of anilines is 1. The number of carbonyl (C=O) groups excluding carboxylic acids is 1. The topological polar surface area (TPSA) is 45.7 Å². The van der Waals surface area contributed by atoms with Gasteiger partial charge < -0.3 is 14.5 Å². The molecule has 0 radical (unpaired) electrons. The number of aromatic nitrogens is 1. The van der Waals surface area contributed by atoms with Crippen molar-refractivity contribution < 1.29 is 9.53 Å². The number of pyridine rings is 1. The Labute approximate surface area is 113 Å². The minimum Gasteiger partial charge on any atom is -0.465 e. The molecule has 1 aromatic heterocycles. The molecule has 2 heterocycles. The van der Waals surface area contributed by atoms with Gasteiger partial charge in [-0.2, -0.15) is 0 Å². The van der Waals surface area contributed by atoms with Crippen molar-refractivity contribution in [3.8, 4) is 0 Å². The van der Waals surface area contributed by atoms with Crippen LogP contribution in [-0.4, -0.2) is 49.1 Å². The molecule has 1 aliphatic rings. The van der Waals surface area contributed by atoms with Crippen LogP contribution in [0.4, 0.5) is 5.82 Å². The van der Waals surface area contributed by atoms with Crippen LogP contribution in [-0.2, 0) is 4.74 Å². The third-order valence-electron chi connectivity index (χ3n) is 3.17. The number of ether oxygens (including phenoxy) is 1. The molecule has 0 aromatic carbocycles. The van der Waals surface area contributed by atoms with Gasteiger partial charge in [0.2, 0.25) is 0 Å². The summed E-state index contributed by atoms with van der Waals surface area (Å²) in [4.78, 5) is 20.2. The summed E-state index contributed by atoms with van der Waals surface area (Å²) in [6.07, 6.45) is 5.74. The van der Waals surface area contributed by atoms with E-state index in [9.17, 15) is 4.79 Å². The van der Waals surface area contributed by atoms with Gasteiger partial charge in [-0.3, -0.25) is 0 Å². The maximum atomic E-state index is 11.3. The van der Waals surface area contributed by atoms with E-state index in [-0.39, 0.29) is 5.97 Å². The van der Waals surface area contributed by atoms with Gasteiger partial charge in [-0.25, -0.2) is 9.78 Å². The van der Waals surface area contributed by atoms with Gasteiger partial charge >= 0.3 is 5.97 Å². The van der Waals surface area contributed by atoms with E-state index in [4.69, 9.17) is 0 Å². The highest BCUT2D eigenvalue weighted by Gasteiger charge is 2.16. The second-order valence-electron chi connectivity index (χ2n) is 4.40. The van der Waals surface area contributed by atoms with Crippen LogP contribution in [0.25, 0.3) is 0 Å². The molecule has 0 aliphatic carbocycles. The number of nitrogens with zero attached hydrogens (tertiary/aromatic N) is 3. The summed E-state index contributed by atoms with van der Waals surface area (Å²) in [6, 6.07) is 3.63. The average Bonchev–Trinajstić information content (AvgIpc) is 2.48. The van der Waals surface area contributed by atoms with E-state index >= 15 is 0 Å². The maximum Gasteiger partial charge on any atom is 0.339 e. The van der Waals surface area contributed by atoms with Gasteiger partial charge in [0.05, 0.1) is 12.7 Å². The molecule has 0 saturated carbocycles. The first kappa shape index (κ1) is 13.4. The molecule has 0 bridgehead atoms. The van der Waals surface area contributed by atoms with Crippen LogP contribution in [0.5, 0.6) is 0 Å². The van der Waals surface area contributed by atoms with Crippen molar-refractivity contribution in [3.05, 3.63) is 36.2 Å². The van der Waals surface area contributed by atoms with E-state index < -0.39 is 0 Å². The molecule has 1 fully saturated rings. The molecule has 1 saturated heterocycles. The Bertz CT molecular complexity index is 448. The van der Waals surface area contributed by atoms with Crippen LogP contribution in [0.15, 0.2) is 30.6 Å². The van der Waals surface area contributed by atoms with E-state index in [0.29, 0.717) is 5.56 Å². The monoisotopic (exact) mass is 261 g/mol. The van der Waals surface area contributed by atoms with Crippen LogP contribution in [0.1, 0.15) is 17.3 Å². The molecule has 5 heteroatoms. The Kier molecular flexibility index (Phi) is 4.39. The third-order valence-corrected chi connectivity index (χ3v) is 3.17. The van der Waals surface area contributed by atoms with Gasteiger partial charge in [-0.15, -0.1) is 0 Å². The number of piperazine rings is 1. The van der Waals surface area contributed by atoms with E-state index in [0.717, 1.165) is 32.0 Å². The van der Waals surface area contributed by atoms with Crippen molar-refractivity contribution in [3.63, 3.8) is 0 Å². The second-order valence-corrected chi connectivity index (χ2v) is 4.40. The van der Waals surface area contributed by atoms with Crippen molar-refractivity contribution in [2.24, 2.45) is 0 Å². The first-order valence-electron chi connectivity index (χ1n) is 6.41. The number of methoxy groups -OCH3 is 1. The lowest BCUT2D eigenvalue weighted by atomic mass is 10.2. The molecule has 5 nitrogen and oxygen atoms in total. The average molecular weight is 261 g/mol. The van der Waals surface area contributed by atoms with Crippen molar-refractivity contribution >= 4 is 11.8 Å². The zero-order valence-corrected chi connectivity index (χ0v) is 11.4. The second kappa shape index (κ2) is 6.22. The van der Waals surface area contributed by atoms with Gasteiger partial charge in [0.1, 0.15) is 5.82 Å². The normalized spacial score (nSPS) is 15.9. The molecular weight excluding hydrogens is 242 g/mol. The summed E-state index contributed by atoms with van der Waals surface area (Å²) in [5.74, 6) is 0.560. The van der Waals surface area contributed by atoms with Crippen molar-refractivity contribution in [1.82, 2.24) is 9.88 Å². The summed E-state index contributed by atoms with van der Waals surface area (Å²) >= 11 is 0. The minimum atomic E-state index is -0.350. The molecule has 19 heavy (non-hydrogen) atoms. The van der Waals surface area contributed by atoms with Crippen LogP contribution in [0.3, 0.4) is 0 Å². The Morgan fingerprint density at radius 3 is 2.58 bits per heavy atom. The van der Waals surface area contributed by atoms with Crippen LogP contribution in [0, 0.1) is 0 Å². The molecule has 0 unspecified atom stereocenters. The molecule has 1 aliphatic heterocycles. The molecular formula is C14H19N3O2. The summed E-state index contributed by atoms with van der Waals surface area (Å²) in [7, 11) is 1.37. The summed E-state index contributed by atoms with van der Waals surface area (Å²) in [5.41, 5.74) is 0.485. The number of hydrogen-bond acceptors (Lipinski definition) is 5. The maximum absolute atomic E-state index is 11.3. The minimum absolute atomic E-state index is 0.350. The fourth-order valence-corrected chi connectivity index (χ4v) is 2.12. The fourth-order valence-electron chi connectivity index (χ4n) is 2.12. The zero-order chi connectivity index (χ0) is 13.7. The van der Waals surface area contributed by atoms with E-state index in [1.165, 1.54) is 7.11 Å². The Balaban J connectivity index is 1.98. The van der Waals surface area contributed by atoms with E-state index in [1.54, 1.807) is 12.3 Å². The summed E-state index contributed by atoms with van der Waals surface area (Å²) in [5, 5.41) is 0. The van der Waals surface area contributed by atoms with Gasteiger partial charge in [0.25, 0.3) is 0 Å². The summed E-state index contributed by atoms with van der Waals surface area (Å²) < 4.78 is 4.66. The lowest BCUT2D eigenvalue weighted by molar-refractivity contribution is 0.0600. The van der Waals surface area contributed by atoms with Gasteiger partial charge in [-0.05, 0) is 25.3 Å². The van der Waals surface area contributed by atoms with Crippen molar-refractivity contribution in [2.45, 2.75) is 6.92 Å². The number of allylic oxidation sites excluding steroid dienone is 1. The molecule has 0 atom stereocenters. The van der Waals surface area contributed by atoms with E-state index in [2.05, 4.69) is 31.8 Å². The first-order valence-corrected chi connectivity index (χ1v) is 6.41. The standard InChI is InChI=1S/C14H19N3O2/c1-3-6-16-7-9-17(10-8-16)13-5-4-12(11-15-13)14(18)19-2/h3-6,11H,7-10H2,1-2H3/b6-3-. The number of esters is 1. The third kappa shape index (κ3) is 3.24. The quantitative estimate of drug-likeness (QED) is 0.772. The number of rotatable bonds is 3. The van der Waals surface area contributed by atoms with Crippen LogP contribution in [0.2, 0.25) is 0 Å². The predicted octanol–water partition coefficient (Wildman–Crippen LogP) is 1.52. The van der Waals surface area contributed by atoms with Gasteiger partial charge in [0, 0.05) is 32.4 Å². The highest BCUT2D eigenvalue weighted by atomic mass is 16.5. The van der Waals surface area contributed by atoms with Crippen LogP contribution >= 0.6 is 0 Å². The van der Waals surface area contributed by atoms with E-state index in [1.807, 2.05) is 13.0 Å². The number of hydrogen-bond donors (Lipinski definition) is 0. The van der Waals surface area contributed by atoms with Gasteiger partial charge in [-0.1, -0.05) is 6.08 Å². The van der Waals surface area contributed by atoms with Crippen molar-refractivity contribution in [2.75, 3.05) is 38.2 Å². The Morgan fingerprint density at radius 1 is 1.32 bits per heavy atom. The highest BCUT2D eigenvalue weighted by molar-refractivity contribution is 5.89. The molecule has 0 N–H and O–H groups in total. The fraction of sp³-hybridized carbons (Fsp3) is 0.429. The van der Waals surface area contributed by atoms with Crippen LogP contribution < -0.4 is 4.90 Å². The zero-order valence-electron chi connectivity index (χ0n) is 11.4. The molecule has 2 rings (SSSR count). The Morgan fingerprint density at radius 2 is 2.05 bits per heavy atom. The largest absolute Gasteiger partial charge is 0.465 e.